The van der Waals surface area contributed by atoms with Crippen LogP contribution in [0.25, 0.3) is 0 Å². The van der Waals surface area contributed by atoms with Crippen molar-refractivity contribution < 1.29 is 29.4 Å². The fourth-order valence-corrected chi connectivity index (χ4v) is 1.96. The zero-order chi connectivity index (χ0) is 14.0. The lowest BCUT2D eigenvalue weighted by atomic mass is 9.69. The van der Waals surface area contributed by atoms with E-state index in [1.807, 2.05) is 0 Å². The predicted molar refractivity (Wildman–Crippen MR) is 62.3 cm³/mol. The van der Waals surface area contributed by atoms with E-state index in [1.165, 1.54) is 12.1 Å². The Kier molecular flexibility index (Phi) is 3.37. The van der Waals surface area contributed by atoms with Gasteiger partial charge in [-0.15, -0.1) is 4.73 Å². The third kappa shape index (κ3) is 2.11. The quantitative estimate of drug-likeness (QED) is 0.613. The van der Waals surface area contributed by atoms with Gasteiger partial charge in [0.2, 0.25) is 11.8 Å². The van der Waals surface area contributed by atoms with Gasteiger partial charge in [-0.3, -0.25) is 4.79 Å². The summed E-state index contributed by atoms with van der Waals surface area (Å²) < 4.78 is 5.45. The number of carbonyl (C=O) groups excluding carboxylic acids is 2. The number of nitrogens with zero attached hydrogens (tertiary/aromatic N) is 1. The van der Waals surface area contributed by atoms with Crippen LogP contribution in [0.15, 0.2) is 12.1 Å². The highest BCUT2D eigenvalue weighted by Gasteiger charge is 2.54. The molecule has 1 aromatic rings. The third-order valence-corrected chi connectivity index (χ3v) is 3.24. The highest BCUT2D eigenvalue weighted by atomic mass is 16.7. The Morgan fingerprint density at radius 1 is 1.26 bits per heavy atom. The number of aromatic hydroxyl groups is 2. The molecule has 19 heavy (non-hydrogen) atoms. The van der Waals surface area contributed by atoms with Crippen molar-refractivity contribution in [1.29, 1.82) is 0 Å². The molecule has 7 nitrogen and oxygen atoms in total. The number of hydrogen-bond donors (Lipinski definition) is 2. The van der Waals surface area contributed by atoms with Gasteiger partial charge in [0.25, 0.3) is 0 Å². The van der Waals surface area contributed by atoms with Gasteiger partial charge in [0.1, 0.15) is 0 Å². The van der Waals surface area contributed by atoms with E-state index in [4.69, 9.17) is 9.57 Å². The summed E-state index contributed by atoms with van der Waals surface area (Å²) in [5.41, 5.74) is -1.32. The molecule has 1 heterocycles. The first-order chi connectivity index (χ1) is 9.01. The van der Waals surface area contributed by atoms with Crippen LogP contribution in [0, 0.1) is 5.41 Å². The molecular formula is C12H15NO6. The molecule has 1 saturated carbocycles. The van der Waals surface area contributed by atoms with E-state index in [9.17, 15) is 19.8 Å². The van der Waals surface area contributed by atoms with Crippen molar-refractivity contribution in [3.05, 3.63) is 12.1 Å². The maximum absolute atomic E-state index is 12.1. The molecule has 1 aromatic heterocycles. The summed E-state index contributed by atoms with van der Waals surface area (Å²) >= 11 is 0. The SMILES string of the molecule is CCOC(=O)C1(C(=O)On2c(O)ccc2O)CCC1. The van der Waals surface area contributed by atoms with Gasteiger partial charge < -0.3 is 19.8 Å². The highest BCUT2D eigenvalue weighted by Crippen LogP contribution is 2.43. The Hall–Kier alpha value is -2.18. The van der Waals surface area contributed by atoms with E-state index in [0.717, 1.165) is 6.42 Å². The van der Waals surface area contributed by atoms with Crippen LogP contribution in [0.3, 0.4) is 0 Å². The molecule has 0 aromatic carbocycles. The Labute approximate surface area is 109 Å². The summed E-state index contributed by atoms with van der Waals surface area (Å²) in [6, 6.07) is 2.33. The molecule has 0 atom stereocenters. The average Bonchev–Trinajstić information content (AvgIpc) is 2.60. The van der Waals surface area contributed by atoms with Crippen LogP contribution in [0.5, 0.6) is 11.8 Å². The Morgan fingerprint density at radius 3 is 2.26 bits per heavy atom. The van der Waals surface area contributed by atoms with Gasteiger partial charge in [-0.25, -0.2) is 4.79 Å². The van der Waals surface area contributed by atoms with Crippen LogP contribution in [0.4, 0.5) is 0 Å². The lowest BCUT2D eigenvalue weighted by Crippen LogP contribution is -2.49. The Morgan fingerprint density at radius 2 is 1.84 bits per heavy atom. The summed E-state index contributed by atoms with van der Waals surface area (Å²) in [7, 11) is 0. The minimum absolute atomic E-state index is 0.174. The van der Waals surface area contributed by atoms with E-state index in [0.29, 0.717) is 17.6 Å². The molecule has 2 N–H and O–H groups in total. The fourth-order valence-electron chi connectivity index (χ4n) is 1.96. The minimum atomic E-state index is -1.32. The van der Waals surface area contributed by atoms with Crippen LogP contribution in [-0.2, 0) is 14.3 Å². The van der Waals surface area contributed by atoms with Crippen LogP contribution in [-0.4, -0.2) is 33.5 Å². The zero-order valence-corrected chi connectivity index (χ0v) is 10.5. The molecule has 1 fully saturated rings. The summed E-state index contributed by atoms with van der Waals surface area (Å²) in [6.45, 7) is 1.83. The molecule has 0 bridgehead atoms. The van der Waals surface area contributed by atoms with Crippen molar-refractivity contribution in [2.45, 2.75) is 26.2 Å². The summed E-state index contributed by atoms with van der Waals surface area (Å²) in [4.78, 5) is 28.8. The molecule has 1 aliphatic rings. The van der Waals surface area contributed by atoms with Crippen molar-refractivity contribution in [3.63, 3.8) is 0 Å². The molecule has 0 saturated heterocycles. The summed E-state index contributed by atoms with van der Waals surface area (Å²) in [6.07, 6.45) is 1.40. The van der Waals surface area contributed by atoms with Crippen LogP contribution in [0.2, 0.25) is 0 Å². The standard InChI is InChI=1S/C12H15NO6/c1-2-18-10(16)12(6-3-7-12)11(17)19-13-8(14)4-5-9(13)15/h4-5,14-15H,2-3,6-7H2,1H3. The van der Waals surface area contributed by atoms with E-state index < -0.39 is 29.1 Å². The van der Waals surface area contributed by atoms with Crippen LogP contribution >= 0.6 is 0 Å². The molecule has 0 radical (unpaired) electrons. The van der Waals surface area contributed by atoms with Crippen molar-refractivity contribution in [3.8, 4) is 11.8 Å². The van der Waals surface area contributed by atoms with Crippen molar-refractivity contribution >= 4 is 11.9 Å². The van der Waals surface area contributed by atoms with Gasteiger partial charge in [-0.1, -0.05) is 0 Å². The number of rotatable bonds is 4. The normalized spacial score (nSPS) is 16.5. The lowest BCUT2D eigenvalue weighted by Gasteiger charge is -2.35. The fraction of sp³-hybridized carbons (Fsp3) is 0.500. The Bertz CT molecular complexity index is 483. The minimum Gasteiger partial charge on any atom is -0.492 e. The average molecular weight is 269 g/mol. The number of carbonyl (C=O) groups is 2. The second-order valence-electron chi connectivity index (χ2n) is 4.38. The second kappa shape index (κ2) is 4.83. The number of esters is 1. The maximum Gasteiger partial charge on any atom is 0.350 e. The number of aromatic nitrogens is 1. The second-order valence-corrected chi connectivity index (χ2v) is 4.38. The van der Waals surface area contributed by atoms with Gasteiger partial charge in [0.15, 0.2) is 5.41 Å². The van der Waals surface area contributed by atoms with Crippen molar-refractivity contribution in [2.75, 3.05) is 6.61 Å². The van der Waals surface area contributed by atoms with Gasteiger partial charge in [-0.2, -0.15) is 0 Å². The molecular weight excluding hydrogens is 254 g/mol. The summed E-state index contributed by atoms with van der Waals surface area (Å²) in [5.74, 6) is -2.32. The molecule has 0 unspecified atom stereocenters. The van der Waals surface area contributed by atoms with Crippen molar-refractivity contribution in [1.82, 2.24) is 4.73 Å². The van der Waals surface area contributed by atoms with Crippen LogP contribution < -0.4 is 4.84 Å². The summed E-state index contributed by atoms with van der Waals surface area (Å²) in [5, 5.41) is 18.8. The molecule has 7 heteroatoms. The number of ether oxygens (including phenoxy) is 1. The number of hydrogen-bond acceptors (Lipinski definition) is 6. The van der Waals surface area contributed by atoms with E-state index >= 15 is 0 Å². The van der Waals surface area contributed by atoms with E-state index in [-0.39, 0.29) is 6.61 Å². The van der Waals surface area contributed by atoms with E-state index in [2.05, 4.69) is 0 Å². The van der Waals surface area contributed by atoms with Gasteiger partial charge >= 0.3 is 11.9 Å². The largest absolute Gasteiger partial charge is 0.492 e. The van der Waals surface area contributed by atoms with Gasteiger partial charge in [0.05, 0.1) is 6.61 Å². The molecule has 104 valence electrons. The van der Waals surface area contributed by atoms with Crippen molar-refractivity contribution in [2.24, 2.45) is 5.41 Å². The smallest absolute Gasteiger partial charge is 0.350 e. The predicted octanol–water partition coefficient (Wildman–Crippen LogP) is 0.588. The molecule has 0 amide bonds. The monoisotopic (exact) mass is 269 g/mol. The zero-order valence-electron chi connectivity index (χ0n) is 10.5. The first-order valence-corrected chi connectivity index (χ1v) is 6.01. The topological polar surface area (TPSA) is 98.0 Å². The molecule has 0 aliphatic heterocycles. The first kappa shape index (κ1) is 13.3. The molecule has 1 aliphatic carbocycles. The molecule has 0 spiro atoms. The highest BCUT2D eigenvalue weighted by molar-refractivity contribution is 6.01. The lowest BCUT2D eigenvalue weighted by molar-refractivity contribution is -0.180. The first-order valence-electron chi connectivity index (χ1n) is 6.01. The maximum atomic E-state index is 12.1. The Balaban J connectivity index is 2.16. The molecule has 2 rings (SSSR count). The third-order valence-electron chi connectivity index (χ3n) is 3.24. The van der Waals surface area contributed by atoms with Gasteiger partial charge in [-0.05, 0) is 26.2 Å². The van der Waals surface area contributed by atoms with Gasteiger partial charge in [0, 0.05) is 12.1 Å². The van der Waals surface area contributed by atoms with Crippen LogP contribution in [0.1, 0.15) is 26.2 Å². The van der Waals surface area contributed by atoms with E-state index in [1.54, 1.807) is 6.92 Å².